The lowest BCUT2D eigenvalue weighted by Crippen LogP contribution is -2.41. The molecule has 1 aromatic carbocycles. The molecule has 6 nitrogen and oxygen atoms in total. The zero-order valence-corrected chi connectivity index (χ0v) is 11.0. The predicted molar refractivity (Wildman–Crippen MR) is 70.2 cm³/mol. The number of benzene rings is 1. The highest BCUT2D eigenvalue weighted by atomic mass is 16.6. The maximum Gasteiger partial charge on any atom is 0.408 e. The van der Waals surface area contributed by atoms with Gasteiger partial charge in [0.2, 0.25) is 0 Å². The summed E-state index contributed by atoms with van der Waals surface area (Å²) in [6.07, 6.45) is 0.369. The summed E-state index contributed by atoms with van der Waals surface area (Å²) in [4.78, 5) is 22.6. The fourth-order valence-corrected chi connectivity index (χ4v) is 1.75. The van der Waals surface area contributed by atoms with Crippen LogP contribution in [0.2, 0.25) is 0 Å². The molecule has 0 radical (unpaired) electrons. The first kappa shape index (κ1) is 14.3. The van der Waals surface area contributed by atoms with Crippen LogP contribution < -0.4 is 5.32 Å². The van der Waals surface area contributed by atoms with E-state index in [-0.39, 0.29) is 12.7 Å². The zero-order chi connectivity index (χ0) is 14.4. The molecule has 1 heterocycles. The van der Waals surface area contributed by atoms with E-state index in [1.54, 1.807) is 0 Å². The van der Waals surface area contributed by atoms with Gasteiger partial charge in [-0.1, -0.05) is 30.3 Å². The Morgan fingerprint density at radius 2 is 2.10 bits per heavy atom. The smallest absolute Gasteiger partial charge is 0.408 e. The number of aliphatic carboxylic acids is 1. The van der Waals surface area contributed by atoms with Gasteiger partial charge >= 0.3 is 12.1 Å². The fourth-order valence-electron chi connectivity index (χ4n) is 1.75. The molecule has 0 bridgehead atoms. The quantitative estimate of drug-likeness (QED) is 0.739. The Morgan fingerprint density at radius 1 is 1.40 bits per heavy atom. The molecule has 2 atom stereocenters. The Hall–Kier alpha value is -2.08. The van der Waals surface area contributed by atoms with Crippen molar-refractivity contribution >= 4 is 12.1 Å². The molecule has 1 saturated heterocycles. The van der Waals surface area contributed by atoms with Gasteiger partial charge in [0.25, 0.3) is 0 Å². The van der Waals surface area contributed by atoms with Crippen molar-refractivity contribution in [3.63, 3.8) is 0 Å². The van der Waals surface area contributed by atoms with E-state index in [1.165, 1.54) is 0 Å². The van der Waals surface area contributed by atoms with Crippen LogP contribution in [0.15, 0.2) is 30.3 Å². The lowest BCUT2D eigenvalue weighted by atomic mass is 10.1. The van der Waals surface area contributed by atoms with Crippen molar-refractivity contribution < 1.29 is 24.2 Å². The molecule has 1 amide bonds. The normalized spacial score (nSPS) is 18.1. The van der Waals surface area contributed by atoms with Gasteiger partial charge in [0.05, 0.1) is 12.7 Å². The van der Waals surface area contributed by atoms with Crippen molar-refractivity contribution in [3.05, 3.63) is 35.9 Å². The number of hydrogen-bond donors (Lipinski definition) is 2. The number of ether oxygens (including phenoxy) is 2. The lowest BCUT2D eigenvalue weighted by Gasteiger charge is -2.14. The summed E-state index contributed by atoms with van der Waals surface area (Å²) in [6.45, 7) is 0.787. The molecule has 1 fully saturated rings. The number of carboxylic acids is 1. The Kier molecular flexibility index (Phi) is 4.95. The molecule has 20 heavy (non-hydrogen) atoms. The summed E-state index contributed by atoms with van der Waals surface area (Å²) in [5, 5.41) is 11.4. The maximum atomic E-state index is 11.6. The van der Waals surface area contributed by atoms with Crippen LogP contribution >= 0.6 is 0 Å². The molecular weight excluding hydrogens is 262 g/mol. The molecule has 6 heteroatoms. The van der Waals surface area contributed by atoms with Crippen molar-refractivity contribution in [3.8, 4) is 0 Å². The Bertz CT molecular complexity index is 458. The van der Waals surface area contributed by atoms with E-state index in [4.69, 9.17) is 14.6 Å². The van der Waals surface area contributed by atoms with Gasteiger partial charge in [-0.3, -0.25) is 0 Å². The molecule has 1 aliphatic heterocycles. The van der Waals surface area contributed by atoms with E-state index < -0.39 is 18.1 Å². The van der Waals surface area contributed by atoms with Crippen LogP contribution in [0.1, 0.15) is 18.4 Å². The second-order valence-corrected chi connectivity index (χ2v) is 4.63. The van der Waals surface area contributed by atoms with Gasteiger partial charge in [0.1, 0.15) is 12.6 Å². The number of amides is 1. The second kappa shape index (κ2) is 6.91. The first-order valence-electron chi connectivity index (χ1n) is 6.47. The number of alkyl carbamates (subject to hydrolysis) is 1. The van der Waals surface area contributed by atoms with Gasteiger partial charge in [-0.25, -0.2) is 9.59 Å². The maximum absolute atomic E-state index is 11.6. The van der Waals surface area contributed by atoms with Gasteiger partial charge < -0.3 is 19.9 Å². The van der Waals surface area contributed by atoms with Crippen LogP contribution in [0.25, 0.3) is 0 Å². The summed E-state index contributed by atoms with van der Waals surface area (Å²) in [5.74, 6) is -1.07. The highest BCUT2D eigenvalue weighted by molar-refractivity contribution is 5.79. The van der Waals surface area contributed by atoms with Crippen LogP contribution in [0.5, 0.6) is 0 Å². The largest absolute Gasteiger partial charge is 0.480 e. The lowest BCUT2D eigenvalue weighted by molar-refractivity contribution is -0.139. The summed E-state index contributed by atoms with van der Waals surface area (Å²) in [6, 6.07) is 8.25. The topological polar surface area (TPSA) is 88.2 Å². The summed E-state index contributed by atoms with van der Waals surface area (Å²) in [7, 11) is 0. The second-order valence-electron chi connectivity index (χ2n) is 4.63. The Balaban J connectivity index is 1.74. The fraction of sp³-hybridized carbons (Fsp3) is 0.429. The highest BCUT2D eigenvalue weighted by Gasteiger charge is 2.27. The molecule has 0 aliphatic carbocycles. The highest BCUT2D eigenvalue weighted by Crippen LogP contribution is 2.16. The first-order chi connectivity index (χ1) is 9.65. The molecule has 2 N–H and O–H groups in total. The molecule has 1 aliphatic rings. The summed E-state index contributed by atoms with van der Waals surface area (Å²) >= 11 is 0. The van der Waals surface area contributed by atoms with Crippen molar-refractivity contribution in [1.29, 1.82) is 0 Å². The van der Waals surface area contributed by atoms with Crippen LogP contribution in [0, 0.1) is 0 Å². The van der Waals surface area contributed by atoms with Crippen LogP contribution in [0.3, 0.4) is 0 Å². The number of carbonyl (C=O) groups excluding carboxylic acids is 1. The standard InChI is InChI=1S/C14H17NO5/c16-13(17)12(7-6-11-9-19-11)15-14(18)20-8-10-4-2-1-3-5-10/h1-5,11-12H,6-9H2,(H,15,18)(H,16,17)/t11?,12-/m1/s1. The molecule has 2 rings (SSSR count). The molecule has 0 aromatic heterocycles. The minimum Gasteiger partial charge on any atom is -0.480 e. The van der Waals surface area contributed by atoms with E-state index >= 15 is 0 Å². The summed E-state index contributed by atoms with van der Waals surface area (Å²) < 4.78 is 10.00. The van der Waals surface area contributed by atoms with E-state index in [1.807, 2.05) is 30.3 Å². The zero-order valence-electron chi connectivity index (χ0n) is 11.0. The number of hydrogen-bond acceptors (Lipinski definition) is 4. The Labute approximate surface area is 116 Å². The number of carboxylic acid groups (broad SMARTS) is 1. The third-order valence-corrected chi connectivity index (χ3v) is 2.98. The molecule has 108 valence electrons. The average molecular weight is 279 g/mol. The number of carbonyl (C=O) groups is 2. The van der Waals surface area contributed by atoms with Gasteiger partial charge in [0, 0.05) is 0 Å². The van der Waals surface area contributed by atoms with Gasteiger partial charge in [-0.2, -0.15) is 0 Å². The van der Waals surface area contributed by atoms with Crippen molar-refractivity contribution in [2.24, 2.45) is 0 Å². The Morgan fingerprint density at radius 3 is 2.70 bits per heavy atom. The molecular formula is C14H17NO5. The van der Waals surface area contributed by atoms with Crippen LogP contribution in [-0.4, -0.2) is 35.9 Å². The summed E-state index contributed by atoms with van der Waals surface area (Å²) in [5.41, 5.74) is 0.848. The third kappa shape index (κ3) is 4.89. The van der Waals surface area contributed by atoms with E-state index in [0.29, 0.717) is 19.4 Å². The number of nitrogens with one attached hydrogen (secondary N) is 1. The van der Waals surface area contributed by atoms with Crippen LogP contribution in [-0.2, 0) is 20.9 Å². The van der Waals surface area contributed by atoms with Crippen molar-refractivity contribution in [2.75, 3.05) is 6.61 Å². The average Bonchev–Trinajstić information content (AvgIpc) is 3.26. The molecule has 0 saturated carbocycles. The van der Waals surface area contributed by atoms with Gasteiger partial charge in [0.15, 0.2) is 0 Å². The number of rotatable bonds is 7. The van der Waals surface area contributed by atoms with E-state index in [9.17, 15) is 9.59 Å². The van der Waals surface area contributed by atoms with E-state index in [2.05, 4.69) is 5.32 Å². The molecule has 1 unspecified atom stereocenters. The van der Waals surface area contributed by atoms with Gasteiger partial charge in [-0.15, -0.1) is 0 Å². The van der Waals surface area contributed by atoms with Gasteiger partial charge in [-0.05, 0) is 18.4 Å². The monoisotopic (exact) mass is 279 g/mol. The SMILES string of the molecule is O=C(N[C@H](CCC1CO1)C(=O)O)OCc1ccccc1. The first-order valence-corrected chi connectivity index (χ1v) is 6.47. The van der Waals surface area contributed by atoms with E-state index in [0.717, 1.165) is 5.56 Å². The van der Waals surface area contributed by atoms with Crippen molar-refractivity contribution in [2.45, 2.75) is 31.6 Å². The van der Waals surface area contributed by atoms with Crippen molar-refractivity contribution in [1.82, 2.24) is 5.32 Å². The minimum atomic E-state index is -1.07. The van der Waals surface area contributed by atoms with Crippen LogP contribution in [0.4, 0.5) is 4.79 Å². The minimum absolute atomic E-state index is 0.116. The molecule has 0 spiro atoms. The third-order valence-electron chi connectivity index (χ3n) is 2.98. The molecule has 1 aromatic rings. The predicted octanol–water partition coefficient (Wildman–Crippen LogP) is 1.54. The number of epoxide rings is 1.